The zero-order valence-electron chi connectivity index (χ0n) is 16.6. The van der Waals surface area contributed by atoms with Gasteiger partial charge in [-0.3, -0.25) is 9.89 Å². The number of aromatic amines is 1. The van der Waals surface area contributed by atoms with Crippen molar-refractivity contribution in [1.82, 2.24) is 19.6 Å². The van der Waals surface area contributed by atoms with E-state index in [-0.39, 0.29) is 29.6 Å². The van der Waals surface area contributed by atoms with Crippen LogP contribution < -0.4 is 5.32 Å². The maximum Gasteiger partial charge on any atom is 0.421 e. The van der Waals surface area contributed by atoms with Gasteiger partial charge in [-0.15, -0.1) is 0 Å². The average molecular weight is 449 g/mol. The third-order valence-corrected chi connectivity index (χ3v) is 5.62. The lowest BCUT2D eigenvalue weighted by Gasteiger charge is -2.17. The number of pyridine rings is 1. The molecule has 0 aliphatic heterocycles. The van der Waals surface area contributed by atoms with Crippen LogP contribution in [0.2, 0.25) is 0 Å². The number of hydrogen-bond donors (Lipinski definition) is 2. The average Bonchev–Trinajstić information content (AvgIpc) is 3.10. The van der Waals surface area contributed by atoms with Crippen LogP contribution in [0, 0.1) is 11.7 Å². The lowest BCUT2D eigenvalue weighted by molar-refractivity contribution is -0.138. The first kappa shape index (κ1) is 20.4. The van der Waals surface area contributed by atoms with Crippen molar-refractivity contribution in [3.8, 4) is 11.1 Å². The van der Waals surface area contributed by atoms with Gasteiger partial charge in [0, 0.05) is 17.1 Å². The highest BCUT2D eigenvalue weighted by molar-refractivity contribution is 5.98. The van der Waals surface area contributed by atoms with E-state index in [9.17, 15) is 22.4 Å². The van der Waals surface area contributed by atoms with Crippen LogP contribution in [-0.4, -0.2) is 31.7 Å². The van der Waals surface area contributed by atoms with Crippen LogP contribution in [0.1, 0.15) is 24.5 Å². The molecule has 1 saturated carbocycles. The Kier molecular flexibility index (Phi) is 4.47. The minimum absolute atomic E-state index is 0.0282. The predicted molar refractivity (Wildman–Crippen MR) is 106 cm³/mol. The van der Waals surface area contributed by atoms with Crippen molar-refractivity contribution in [3.05, 3.63) is 47.7 Å². The van der Waals surface area contributed by atoms with Gasteiger partial charge in [-0.05, 0) is 36.1 Å². The monoisotopic (exact) mass is 449 g/mol. The van der Waals surface area contributed by atoms with Crippen molar-refractivity contribution in [1.29, 1.82) is 0 Å². The number of amides is 1. The molecular formula is C21H16F5N5O. The van der Waals surface area contributed by atoms with Gasteiger partial charge < -0.3 is 9.72 Å². The van der Waals surface area contributed by atoms with Crippen molar-refractivity contribution < 1.29 is 26.7 Å². The standard InChI is InChI=1S/C21H16F5N5O/c1-2-10-16(12-6-27-30-19(12)17(18(10)23)21(24,25)26)9-3-4-15-28-14(8-31(15)7-9)29-20(32)11-5-13(11)22/h3-4,6-8,11,13H,2,5H2,1H3,(H,27,30)(H,29,32)/t11-,13+/m1/s1. The number of nitrogens with one attached hydrogen (secondary N) is 2. The smallest absolute Gasteiger partial charge is 0.309 e. The highest BCUT2D eigenvalue weighted by Gasteiger charge is 2.44. The Bertz CT molecular complexity index is 1370. The molecule has 1 aromatic carbocycles. The quantitative estimate of drug-likeness (QED) is 0.436. The highest BCUT2D eigenvalue weighted by atomic mass is 19.4. The molecule has 1 amide bonds. The van der Waals surface area contributed by atoms with Gasteiger partial charge in [0.1, 0.15) is 23.2 Å². The SMILES string of the molecule is CCc1c(F)c(C(F)(F)F)c2[nH]ncc2c1-c1ccc2nc(NC(=O)[C@@H]3C[C@@H]3F)cn2c1. The summed E-state index contributed by atoms with van der Waals surface area (Å²) in [4.78, 5) is 16.2. The number of carbonyl (C=O) groups excluding carboxylic acids is 1. The topological polar surface area (TPSA) is 75.1 Å². The number of fused-ring (bicyclic) bond motifs is 2. The van der Waals surface area contributed by atoms with Crippen LogP contribution in [-0.2, 0) is 17.4 Å². The summed E-state index contributed by atoms with van der Waals surface area (Å²) in [6, 6.07) is 3.21. The zero-order chi connectivity index (χ0) is 22.8. The Morgan fingerprint density at radius 1 is 1.31 bits per heavy atom. The van der Waals surface area contributed by atoms with Crippen LogP contribution in [0.25, 0.3) is 27.7 Å². The number of H-pyrrole nitrogens is 1. The lowest BCUT2D eigenvalue weighted by Crippen LogP contribution is -2.15. The molecule has 4 aromatic rings. The first-order chi connectivity index (χ1) is 15.2. The fraction of sp³-hybridized carbons (Fsp3) is 0.286. The molecule has 0 bridgehead atoms. The van der Waals surface area contributed by atoms with E-state index in [0.717, 1.165) is 0 Å². The number of carbonyl (C=O) groups is 1. The summed E-state index contributed by atoms with van der Waals surface area (Å²) in [5.41, 5.74) is -0.681. The van der Waals surface area contributed by atoms with Gasteiger partial charge in [0.2, 0.25) is 5.91 Å². The number of halogens is 5. The molecule has 1 aliphatic rings. The van der Waals surface area contributed by atoms with Gasteiger partial charge in [0.15, 0.2) is 5.82 Å². The third kappa shape index (κ3) is 3.19. The van der Waals surface area contributed by atoms with Crippen molar-refractivity contribution in [2.45, 2.75) is 32.1 Å². The van der Waals surface area contributed by atoms with Gasteiger partial charge >= 0.3 is 6.18 Å². The number of anilines is 1. The molecule has 11 heteroatoms. The highest BCUT2D eigenvalue weighted by Crippen LogP contribution is 2.43. The second-order valence-corrected chi connectivity index (χ2v) is 7.71. The molecule has 32 heavy (non-hydrogen) atoms. The molecule has 1 fully saturated rings. The van der Waals surface area contributed by atoms with E-state index < -0.39 is 41.1 Å². The van der Waals surface area contributed by atoms with Crippen molar-refractivity contribution in [2.75, 3.05) is 5.32 Å². The van der Waals surface area contributed by atoms with Crippen LogP contribution in [0.4, 0.5) is 27.8 Å². The minimum atomic E-state index is -4.89. The van der Waals surface area contributed by atoms with E-state index in [2.05, 4.69) is 20.5 Å². The Labute approximate surface area is 177 Å². The van der Waals surface area contributed by atoms with E-state index in [1.165, 1.54) is 12.4 Å². The number of hydrogen-bond acceptors (Lipinski definition) is 3. The Morgan fingerprint density at radius 3 is 2.72 bits per heavy atom. The zero-order valence-corrected chi connectivity index (χ0v) is 16.6. The molecule has 6 nitrogen and oxygen atoms in total. The van der Waals surface area contributed by atoms with E-state index >= 15 is 4.39 Å². The normalized spacial score (nSPS) is 18.4. The molecule has 2 atom stereocenters. The van der Waals surface area contributed by atoms with Gasteiger partial charge in [0.25, 0.3) is 0 Å². The number of aromatic nitrogens is 4. The van der Waals surface area contributed by atoms with Crippen molar-refractivity contribution >= 4 is 28.3 Å². The summed E-state index contributed by atoms with van der Waals surface area (Å²) >= 11 is 0. The molecule has 1 aliphatic carbocycles. The maximum atomic E-state index is 15.0. The van der Waals surface area contributed by atoms with Crippen LogP contribution >= 0.6 is 0 Å². The van der Waals surface area contributed by atoms with Crippen molar-refractivity contribution in [2.24, 2.45) is 5.92 Å². The van der Waals surface area contributed by atoms with E-state index in [1.807, 2.05) is 0 Å². The van der Waals surface area contributed by atoms with Crippen molar-refractivity contribution in [3.63, 3.8) is 0 Å². The maximum absolute atomic E-state index is 15.0. The summed E-state index contributed by atoms with van der Waals surface area (Å²) in [5.74, 6) is -2.25. The summed E-state index contributed by atoms with van der Waals surface area (Å²) in [6.07, 6.45) is -1.49. The number of alkyl halides is 4. The Morgan fingerprint density at radius 2 is 2.06 bits per heavy atom. The fourth-order valence-corrected chi connectivity index (χ4v) is 3.98. The number of rotatable bonds is 4. The second kappa shape index (κ2) is 7.01. The predicted octanol–water partition coefficient (Wildman–Crippen LogP) is 4.89. The lowest BCUT2D eigenvalue weighted by atomic mass is 9.92. The molecule has 0 radical (unpaired) electrons. The fourth-order valence-electron chi connectivity index (χ4n) is 3.98. The molecule has 5 rings (SSSR count). The van der Waals surface area contributed by atoms with Gasteiger partial charge in [0.05, 0.1) is 23.8 Å². The number of benzene rings is 1. The largest absolute Gasteiger partial charge is 0.421 e. The number of imidazole rings is 1. The number of nitrogens with zero attached hydrogens (tertiary/aromatic N) is 3. The molecule has 0 unspecified atom stereocenters. The van der Waals surface area contributed by atoms with Crippen LogP contribution in [0.15, 0.2) is 30.7 Å². The van der Waals surface area contributed by atoms with Gasteiger partial charge in [-0.25, -0.2) is 13.8 Å². The molecule has 3 heterocycles. The Hall–Kier alpha value is -3.50. The van der Waals surface area contributed by atoms with E-state index in [1.54, 1.807) is 29.7 Å². The minimum Gasteiger partial charge on any atom is -0.309 e. The summed E-state index contributed by atoms with van der Waals surface area (Å²) < 4.78 is 70.3. The first-order valence-corrected chi connectivity index (χ1v) is 9.87. The second-order valence-electron chi connectivity index (χ2n) is 7.71. The summed E-state index contributed by atoms with van der Waals surface area (Å²) in [6.45, 7) is 1.58. The molecular weight excluding hydrogens is 433 g/mol. The molecule has 0 spiro atoms. The third-order valence-electron chi connectivity index (χ3n) is 5.62. The van der Waals surface area contributed by atoms with Crippen LogP contribution in [0.5, 0.6) is 0 Å². The van der Waals surface area contributed by atoms with E-state index in [4.69, 9.17) is 0 Å². The molecule has 166 valence electrons. The van der Waals surface area contributed by atoms with Crippen LogP contribution in [0.3, 0.4) is 0 Å². The van der Waals surface area contributed by atoms with Gasteiger partial charge in [-0.2, -0.15) is 18.3 Å². The first-order valence-electron chi connectivity index (χ1n) is 9.87. The summed E-state index contributed by atoms with van der Waals surface area (Å²) in [5, 5.41) is 8.69. The molecule has 3 aromatic heterocycles. The van der Waals surface area contributed by atoms with E-state index in [0.29, 0.717) is 16.8 Å². The Balaban J connectivity index is 1.63. The molecule has 0 saturated heterocycles. The summed E-state index contributed by atoms with van der Waals surface area (Å²) in [7, 11) is 0. The molecule has 2 N–H and O–H groups in total. The van der Waals surface area contributed by atoms with Gasteiger partial charge in [-0.1, -0.05) is 6.92 Å².